The summed E-state index contributed by atoms with van der Waals surface area (Å²) in [5.74, 6) is -2.44. The largest absolute Gasteiger partial charge is 0.463 e. The molecule has 6 heteroatoms. The van der Waals surface area contributed by atoms with Crippen LogP contribution in [0.15, 0.2) is 23.3 Å². The molecule has 0 unspecified atom stereocenters. The summed E-state index contributed by atoms with van der Waals surface area (Å²) in [7, 11) is 0. The average Bonchev–Trinajstić information content (AvgIpc) is 2.11. The van der Waals surface area contributed by atoms with Crippen molar-refractivity contribution in [3.8, 4) is 0 Å². The molecule has 0 aromatic carbocycles. The van der Waals surface area contributed by atoms with Gasteiger partial charge in [0.25, 0.3) is 0 Å². The third kappa shape index (κ3) is 5.89. The molecule has 0 aliphatic heterocycles. The Kier molecular flexibility index (Phi) is 5.64. The highest BCUT2D eigenvalue weighted by atomic mass is 19.4. The zero-order valence-electron chi connectivity index (χ0n) is 9.72. The molecule has 0 N–H and O–H groups in total. The van der Waals surface area contributed by atoms with E-state index in [1.165, 1.54) is 20.8 Å². The van der Waals surface area contributed by atoms with Gasteiger partial charge in [0.1, 0.15) is 5.57 Å². The molecule has 0 bridgehead atoms. The van der Waals surface area contributed by atoms with E-state index in [4.69, 9.17) is 0 Å². The molecule has 0 amide bonds. The molecule has 0 spiro atoms. The first-order valence-electron chi connectivity index (χ1n) is 4.83. The predicted octanol–water partition coefficient (Wildman–Crippen LogP) is 2.57. The van der Waals surface area contributed by atoms with Gasteiger partial charge in [0.15, 0.2) is 5.78 Å². The zero-order valence-corrected chi connectivity index (χ0v) is 9.72. The topological polar surface area (TPSA) is 43.4 Å². The Morgan fingerprint density at radius 2 is 1.71 bits per heavy atom. The maximum atomic E-state index is 12.5. The number of allylic oxidation sites excluding steroid dienone is 3. The van der Waals surface area contributed by atoms with Crippen LogP contribution in [0.2, 0.25) is 0 Å². The molecule has 0 saturated heterocycles. The summed E-state index contributed by atoms with van der Waals surface area (Å²) in [6.07, 6.45) is -3.89. The van der Waals surface area contributed by atoms with Crippen LogP contribution in [0.25, 0.3) is 0 Å². The molecule has 17 heavy (non-hydrogen) atoms. The Bertz CT molecular complexity index is 361. The fraction of sp³-hybridized carbons (Fsp3) is 0.455. The van der Waals surface area contributed by atoms with Crippen LogP contribution in [0.4, 0.5) is 13.2 Å². The third-order valence-electron chi connectivity index (χ3n) is 1.54. The van der Waals surface area contributed by atoms with Crippen LogP contribution in [0, 0.1) is 0 Å². The summed E-state index contributed by atoms with van der Waals surface area (Å²) in [6.45, 7) is 4.36. The molecule has 0 atom stereocenters. The molecule has 0 heterocycles. The van der Waals surface area contributed by atoms with E-state index in [9.17, 15) is 22.8 Å². The van der Waals surface area contributed by atoms with Gasteiger partial charge in [0, 0.05) is 6.08 Å². The average molecular weight is 250 g/mol. The van der Waals surface area contributed by atoms with Crippen LogP contribution in [0.5, 0.6) is 0 Å². The molecule has 0 aromatic heterocycles. The van der Waals surface area contributed by atoms with Crippen molar-refractivity contribution >= 4 is 11.8 Å². The SMILES string of the molecule is CCOC(=O)/C=C(\C(=O)C=C(C)C)C(F)(F)F. The fourth-order valence-corrected chi connectivity index (χ4v) is 0.934. The van der Waals surface area contributed by atoms with Crippen LogP contribution >= 0.6 is 0 Å². The van der Waals surface area contributed by atoms with Crippen molar-refractivity contribution in [2.45, 2.75) is 26.9 Å². The van der Waals surface area contributed by atoms with E-state index < -0.39 is 23.5 Å². The lowest BCUT2D eigenvalue weighted by Crippen LogP contribution is -2.21. The van der Waals surface area contributed by atoms with E-state index in [1.54, 1.807) is 0 Å². The minimum absolute atomic E-state index is 0.0582. The quantitative estimate of drug-likeness (QED) is 0.569. The number of carbonyl (C=O) groups is 2. The Balaban J connectivity index is 5.24. The summed E-state index contributed by atoms with van der Waals surface area (Å²) in [5.41, 5.74) is -1.12. The van der Waals surface area contributed by atoms with Crippen LogP contribution in [-0.2, 0) is 14.3 Å². The standard InChI is InChI=1S/C11H13F3O3/c1-4-17-10(16)6-8(11(12,13)14)9(15)5-7(2)3/h5-6H,4H2,1-3H3/b8-6+. The lowest BCUT2D eigenvalue weighted by atomic mass is 10.1. The van der Waals surface area contributed by atoms with E-state index in [-0.39, 0.29) is 12.7 Å². The van der Waals surface area contributed by atoms with Gasteiger partial charge < -0.3 is 4.74 Å². The molecule has 0 aromatic rings. The molecule has 0 fully saturated rings. The Hall–Kier alpha value is -1.59. The number of carbonyl (C=O) groups excluding carboxylic acids is 2. The zero-order chi connectivity index (χ0) is 13.6. The van der Waals surface area contributed by atoms with E-state index in [0.717, 1.165) is 6.08 Å². The van der Waals surface area contributed by atoms with E-state index in [0.29, 0.717) is 5.57 Å². The third-order valence-corrected chi connectivity index (χ3v) is 1.54. The second-order valence-corrected chi connectivity index (χ2v) is 3.39. The summed E-state index contributed by atoms with van der Waals surface area (Å²) >= 11 is 0. The second kappa shape index (κ2) is 6.22. The van der Waals surface area contributed by atoms with Gasteiger partial charge in [0.05, 0.1) is 6.61 Å². The van der Waals surface area contributed by atoms with Crippen molar-refractivity contribution in [3.63, 3.8) is 0 Å². The minimum atomic E-state index is -4.88. The molecule has 0 aliphatic carbocycles. The molecule has 0 rings (SSSR count). The first-order chi connectivity index (χ1) is 7.68. The van der Waals surface area contributed by atoms with Gasteiger partial charge >= 0.3 is 12.1 Å². The van der Waals surface area contributed by atoms with E-state index in [1.807, 2.05) is 0 Å². The smallest absolute Gasteiger partial charge is 0.420 e. The van der Waals surface area contributed by atoms with E-state index >= 15 is 0 Å². The van der Waals surface area contributed by atoms with Crippen molar-refractivity contribution in [2.24, 2.45) is 0 Å². The molecular weight excluding hydrogens is 237 g/mol. The molecule has 0 saturated carbocycles. The van der Waals surface area contributed by atoms with Crippen LogP contribution in [-0.4, -0.2) is 24.5 Å². The monoisotopic (exact) mass is 250 g/mol. The molecule has 0 radical (unpaired) electrons. The number of esters is 1. The van der Waals surface area contributed by atoms with Crippen molar-refractivity contribution in [3.05, 3.63) is 23.3 Å². The number of alkyl halides is 3. The number of ether oxygens (including phenoxy) is 1. The van der Waals surface area contributed by atoms with Crippen LogP contribution in [0.1, 0.15) is 20.8 Å². The highest BCUT2D eigenvalue weighted by Crippen LogP contribution is 2.27. The normalized spacial score (nSPS) is 12.0. The van der Waals surface area contributed by atoms with Gasteiger partial charge in [-0.05, 0) is 26.8 Å². The van der Waals surface area contributed by atoms with Gasteiger partial charge in [0.2, 0.25) is 0 Å². The maximum Gasteiger partial charge on any atom is 0.420 e. The van der Waals surface area contributed by atoms with Crippen molar-refractivity contribution in [1.82, 2.24) is 0 Å². The van der Waals surface area contributed by atoms with Gasteiger partial charge in [-0.3, -0.25) is 4.79 Å². The number of ketones is 1. The molecule has 3 nitrogen and oxygen atoms in total. The lowest BCUT2D eigenvalue weighted by Gasteiger charge is -2.08. The Morgan fingerprint density at radius 1 is 1.18 bits per heavy atom. The van der Waals surface area contributed by atoms with E-state index in [2.05, 4.69) is 4.74 Å². The van der Waals surface area contributed by atoms with Crippen LogP contribution < -0.4 is 0 Å². The summed E-state index contributed by atoms with van der Waals surface area (Å²) < 4.78 is 41.8. The molecular formula is C11H13F3O3. The van der Waals surface area contributed by atoms with Gasteiger partial charge in [-0.15, -0.1) is 0 Å². The number of hydrogen-bond acceptors (Lipinski definition) is 3. The molecule has 96 valence electrons. The number of hydrogen-bond donors (Lipinski definition) is 0. The summed E-state index contributed by atoms with van der Waals surface area (Å²) in [4.78, 5) is 22.2. The van der Waals surface area contributed by atoms with Gasteiger partial charge in [-0.1, -0.05) is 5.57 Å². The Labute approximate surface area is 96.9 Å². The first-order valence-corrected chi connectivity index (χ1v) is 4.83. The van der Waals surface area contributed by atoms with Gasteiger partial charge in [-0.25, -0.2) is 4.79 Å². The minimum Gasteiger partial charge on any atom is -0.463 e. The lowest BCUT2D eigenvalue weighted by molar-refractivity contribution is -0.139. The van der Waals surface area contributed by atoms with Gasteiger partial charge in [-0.2, -0.15) is 13.2 Å². The fourth-order valence-electron chi connectivity index (χ4n) is 0.934. The number of halogens is 3. The van der Waals surface area contributed by atoms with Crippen molar-refractivity contribution in [2.75, 3.05) is 6.61 Å². The highest BCUT2D eigenvalue weighted by Gasteiger charge is 2.38. The van der Waals surface area contributed by atoms with Crippen molar-refractivity contribution < 1.29 is 27.5 Å². The van der Waals surface area contributed by atoms with Crippen molar-refractivity contribution in [1.29, 1.82) is 0 Å². The second-order valence-electron chi connectivity index (χ2n) is 3.39. The predicted molar refractivity (Wildman–Crippen MR) is 55.2 cm³/mol. The maximum absolute atomic E-state index is 12.5. The number of rotatable bonds is 4. The summed E-state index contributed by atoms with van der Waals surface area (Å²) in [6, 6.07) is 0. The first kappa shape index (κ1) is 15.4. The molecule has 0 aliphatic rings. The summed E-state index contributed by atoms with van der Waals surface area (Å²) in [5, 5.41) is 0. The Morgan fingerprint density at radius 3 is 2.06 bits per heavy atom. The van der Waals surface area contributed by atoms with Crippen LogP contribution in [0.3, 0.4) is 0 Å². The highest BCUT2D eigenvalue weighted by molar-refractivity contribution is 6.08.